The molecule has 0 spiro atoms. The number of nitrogen functional groups attached to an aromatic ring is 1. The highest BCUT2D eigenvalue weighted by Crippen LogP contribution is 2.39. The lowest BCUT2D eigenvalue weighted by Gasteiger charge is -2.29. The van der Waals surface area contributed by atoms with Crippen molar-refractivity contribution in [3.8, 4) is 12.8 Å². The van der Waals surface area contributed by atoms with Gasteiger partial charge in [0.15, 0.2) is 5.82 Å². The van der Waals surface area contributed by atoms with E-state index in [2.05, 4.69) is 45.2 Å². The van der Waals surface area contributed by atoms with E-state index >= 15 is 0 Å². The Balaban J connectivity index is 0.000000498. The van der Waals surface area contributed by atoms with Crippen LogP contribution in [0.25, 0.3) is 16.5 Å². The number of hydrogen-bond donors (Lipinski definition) is 3. The summed E-state index contributed by atoms with van der Waals surface area (Å²) in [6.45, 7) is 5.79. The molecule has 178 valence electrons. The maximum Gasteiger partial charge on any atom is 0.162 e. The van der Waals surface area contributed by atoms with Gasteiger partial charge in [0.25, 0.3) is 0 Å². The summed E-state index contributed by atoms with van der Waals surface area (Å²) in [5.74, 6) is 2.97. The lowest BCUT2D eigenvalue weighted by Crippen LogP contribution is -2.44. The van der Waals surface area contributed by atoms with Crippen molar-refractivity contribution < 1.29 is 0 Å². The van der Waals surface area contributed by atoms with E-state index in [4.69, 9.17) is 15.7 Å². The third-order valence-corrected chi connectivity index (χ3v) is 6.48. The minimum absolute atomic E-state index is 0.599. The first-order chi connectivity index (χ1) is 16.7. The molecule has 0 radical (unpaired) electrons. The second-order valence-electron chi connectivity index (χ2n) is 8.94. The molecule has 0 bridgehead atoms. The van der Waals surface area contributed by atoms with E-state index in [9.17, 15) is 0 Å². The van der Waals surface area contributed by atoms with Gasteiger partial charge in [-0.25, -0.2) is 9.97 Å². The van der Waals surface area contributed by atoms with Gasteiger partial charge in [-0.1, -0.05) is 31.8 Å². The number of nitrogens with zero attached hydrogens (tertiary/aromatic N) is 4. The van der Waals surface area contributed by atoms with Gasteiger partial charge >= 0.3 is 0 Å². The number of pyridine rings is 1. The zero-order chi connectivity index (χ0) is 23.9. The summed E-state index contributed by atoms with van der Waals surface area (Å²) in [7, 11) is 0. The summed E-state index contributed by atoms with van der Waals surface area (Å²) < 4.78 is 0. The van der Waals surface area contributed by atoms with E-state index in [0.717, 1.165) is 54.0 Å². The zero-order valence-electron chi connectivity index (χ0n) is 20.1. The average molecular weight is 458 g/mol. The van der Waals surface area contributed by atoms with E-state index < -0.39 is 0 Å². The van der Waals surface area contributed by atoms with E-state index in [1.165, 1.54) is 44.2 Å². The van der Waals surface area contributed by atoms with Crippen LogP contribution in [0.1, 0.15) is 68.4 Å². The Labute approximate surface area is 202 Å². The molecule has 0 amide bonds. The number of hydrogen-bond acceptors (Lipinski definition) is 6. The van der Waals surface area contributed by atoms with Gasteiger partial charge in [-0.3, -0.25) is 4.98 Å². The number of terminal acetylenes is 1. The first-order valence-electron chi connectivity index (χ1n) is 12.3. The van der Waals surface area contributed by atoms with Crippen LogP contribution in [-0.4, -0.2) is 46.1 Å². The van der Waals surface area contributed by atoms with E-state index in [-0.39, 0.29) is 0 Å². The van der Waals surface area contributed by atoms with Crippen molar-refractivity contribution >= 4 is 28.1 Å². The van der Waals surface area contributed by atoms with E-state index in [0.29, 0.717) is 17.6 Å². The van der Waals surface area contributed by atoms with E-state index in [1.54, 1.807) is 0 Å². The Bertz CT molecular complexity index is 1150. The fourth-order valence-corrected chi connectivity index (χ4v) is 4.26. The van der Waals surface area contributed by atoms with Gasteiger partial charge < -0.3 is 20.9 Å². The quantitative estimate of drug-likeness (QED) is 0.500. The van der Waals surface area contributed by atoms with Gasteiger partial charge in [-0.05, 0) is 37.8 Å². The highest BCUT2D eigenvalue weighted by molar-refractivity contribution is 5.92. The van der Waals surface area contributed by atoms with Crippen LogP contribution in [-0.2, 0) is 0 Å². The number of rotatable bonds is 4. The van der Waals surface area contributed by atoms with Crippen molar-refractivity contribution in [1.82, 2.24) is 25.3 Å². The molecule has 2 aliphatic carbocycles. The van der Waals surface area contributed by atoms with Crippen molar-refractivity contribution in [3.63, 3.8) is 0 Å². The molecule has 6 rings (SSSR count). The number of allylic oxidation sites excluding steroid dienone is 1. The van der Waals surface area contributed by atoms with Crippen molar-refractivity contribution in [2.75, 3.05) is 36.8 Å². The van der Waals surface area contributed by atoms with Crippen molar-refractivity contribution in [2.45, 2.75) is 51.4 Å². The van der Waals surface area contributed by atoms with Gasteiger partial charge in [0.2, 0.25) is 0 Å². The predicted octanol–water partition coefficient (Wildman–Crippen LogP) is 4.48. The molecule has 0 atom stereocenters. The second-order valence-corrected chi connectivity index (χ2v) is 8.94. The van der Waals surface area contributed by atoms with Crippen LogP contribution in [0.2, 0.25) is 0 Å². The molecule has 3 aromatic rings. The fourth-order valence-electron chi connectivity index (χ4n) is 4.26. The van der Waals surface area contributed by atoms with Gasteiger partial charge in [0.1, 0.15) is 11.6 Å². The molecule has 1 aliphatic heterocycles. The molecule has 3 aliphatic rings. The predicted molar refractivity (Wildman–Crippen MR) is 141 cm³/mol. The first-order valence-corrected chi connectivity index (χ1v) is 12.3. The molecule has 1 saturated heterocycles. The molecule has 2 saturated carbocycles. The van der Waals surface area contributed by atoms with Crippen LogP contribution >= 0.6 is 0 Å². The number of nitrogens with one attached hydrogen (secondary N) is 2. The summed E-state index contributed by atoms with van der Waals surface area (Å²) in [4.78, 5) is 19.9. The summed E-state index contributed by atoms with van der Waals surface area (Å²) in [5.41, 5.74) is 10.4. The van der Waals surface area contributed by atoms with Crippen molar-refractivity contribution in [3.05, 3.63) is 47.7 Å². The Hall–Kier alpha value is -3.37. The molecule has 4 heterocycles. The van der Waals surface area contributed by atoms with Gasteiger partial charge in [0, 0.05) is 54.6 Å². The SMILES string of the molecule is C#C.C/C=C(/c1nc(N2CCNCC2)c2ccncc2n1)c1cc(C2CCC2)[nH]c1N.C1CC1. The van der Waals surface area contributed by atoms with E-state index in [1.807, 2.05) is 25.4 Å². The van der Waals surface area contributed by atoms with Crippen LogP contribution in [0.15, 0.2) is 30.6 Å². The Morgan fingerprint density at radius 2 is 1.85 bits per heavy atom. The van der Waals surface area contributed by atoms with Gasteiger partial charge in [0.05, 0.1) is 11.7 Å². The Morgan fingerprint density at radius 1 is 1.12 bits per heavy atom. The molecule has 34 heavy (non-hydrogen) atoms. The number of H-pyrrole nitrogens is 1. The number of piperazine rings is 1. The van der Waals surface area contributed by atoms with Crippen LogP contribution in [0, 0.1) is 12.8 Å². The largest absolute Gasteiger partial charge is 0.385 e. The van der Waals surface area contributed by atoms with Crippen LogP contribution in [0.4, 0.5) is 11.6 Å². The monoisotopic (exact) mass is 457 g/mol. The highest BCUT2D eigenvalue weighted by Gasteiger charge is 2.25. The normalized spacial score (nSPS) is 17.7. The smallest absolute Gasteiger partial charge is 0.162 e. The molecule has 7 nitrogen and oxygen atoms in total. The molecular formula is C27H35N7. The van der Waals surface area contributed by atoms with Gasteiger partial charge in [-0.2, -0.15) is 0 Å². The third-order valence-electron chi connectivity index (χ3n) is 6.48. The zero-order valence-corrected chi connectivity index (χ0v) is 20.1. The Morgan fingerprint density at radius 3 is 2.47 bits per heavy atom. The fraction of sp³-hybridized carbons (Fsp3) is 0.444. The van der Waals surface area contributed by atoms with Crippen molar-refractivity contribution in [2.24, 2.45) is 0 Å². The maximum atomic E-state index is 6.38. The molecular weight excluding hydrogens is 422 g/mol. The highest BCUT2D eigenvalue weighted by atomic mass is 15.2. The maximum absolute atomic E-state index is 6.38. The summed E-state index contributed by atoms with van der Waals surface area (Å²) in [5, 5.41) is 4.45. The number of aromatic nitrogens is 4. The van der Waals surface area contributed by atoms with Crippen molar-refractivity contribution in [1.29, 1.82) is 0 Å². The topological polar surface area (TPSA) is 95.8 Å². The van der Waals surface area contributed by atoms with Crippen LogP contribution in [0.5, 0.6) is 0 Å². The second kappa shape index (κ2) is 11.2. The molecule has 7 heteroatoms. The Kier molecular flexibility index (Phi) is 7.81. The number of anilines is 2. The van der Waals surface area contributed by atoms with Crippen LogP contribution in [0.3, 0.4) is 0 Å². The lowest BCUT2D eigenvalue weighted by atomic mass is 9.83. The number of fused-ring (bicyclic) bond motifs is 1. The molecule has 0 unspecified atom stereocenters. The summed E-state index contributed by atoms with van der Waals surface area (Å²) in [6, 6.07) is 4.20. The molecule has 3 aromatic heterocycles. The van der Waals surface area contributed by atoms with Gasteiger partial charge in [-0.15, -0.1) is 12.8 Å². The molecule has 3 fully saturated rings. The number of aromatic amines is 1. The minimum atomic E-state index is 0.599. The minimum Gasteiger partial charge on any atom is -0.385 e. The third kappa shape index (κ3) is 5.23. The average Bonchev–Trinajstić information content (AvgIpc) is 3.70. The molecule has 0 aromatic carbocycles. The standard InChI is InChI=1S/C22H27N7.C3H6.C2H2/c1-2-15(17-12-18(26-20(17)23)14-4-3-5-14)21-27-19-13-25-7-6-16(19)22(28-21)29-10-8-24-9-11-29;1-2-3-1;1-2/h2,6-7,12-14,24,26H,3-5,8-11,23H2,1H3;1-3H2;1-2H/b15-2+;;. The lowest BCUT2D eigenvalue weighted by molar-refractivity contribution is 0.413. The summed E-state index contributed by atoms with van der Waals surface area (Å²) in [6.07, 6.45) is 21.9. The van der Waals surface area contributed by atoms with Crippen LogP contribution < -0.4 is 16.0 Å². The molecule has 4 N–H and O–H groups in total. The number of nitrogens with two attached hydrogens (primary N) is 1. The summed E-state index contributed by atoms with van der Waals surface area (Å²) >= 11 is 0. The first kappa shape index (κ1) is 23.8.